The minimum absolute atomic E-state index is 0.0223. The molecule has 1 fully saturated rings. The Bertz CT molecular complexity index is 804. The average Bonchev–Trinajstić information content (AvgIpc) is 3.33. The molecular formula is C19H19N3O2. The zero-order valence-electron chi connectivity index (χ0n) is 13.5. The van der Waals surface area contributed by atoms with Crippen LogP contribution in [0.1, 0.15) is 29.9 Å². The fourth-order valence-electron chi connectivity index (χ4n) is 3.40. The predicted octanol–water partition coefficient (Wildman–Crippen LogP) is 2.87. The first-order valence-corrected chi connectivity index (χ1v) is 8.23. The second kappa shape index (κ2) is 5.74. The molecule has 1 N–H and O–H groups in total. The summed E-state index contributed by atoms with van der Waals surface area (Å²) in [6, 6.07) is 12.1. The number of anilines is 2. The van der Waals surface area contributed by atoms with Crippen molar-refractivity contribution in [2.24, 2.45) is 5.92 Å². The second-order valence-corrected chi connectivity index (χ2v) is 6.63. The molecule has 2 amide bonds. The highest BCUT2D eigenvalue weighted by Gasteiger charge is 2.41. The van der Waals surface area contributed by atoms with E-state index in [0.717, 1.165) is 12.0 Å². The molecular weight excluding hydrogens is 302 g/mol. The summed E-state index contributed by atoms with van der Waals surface area (Å²) in [4.78, 5) is 30.5. The van der Waals surface area contributed by atoms with E-state index in [4.69, 9.17) is 0 Å². The summed E-state index contributed by atoms with van der Waals surface area (Å²) in [5, 5.41) is 2.79. The van der Waals surface area contributed by atoms with Crippen LogP contribution in [0.4, 0.5) is 11.5 Å². The summed E-state index contributed by atoms with van der Waals surface area (Å²) in [5.41, 5.74) is 2.87. The molecule has 0 radical (unpaired) electrons. The molecule has 2 atom stereocenters. The highest BCUT2D eigenvalue weighted by atomic mass is 16.2. The number of amides is 2. The van der Waals surface area contributed by atoms with Gasteiger partial charge >= 0.3 is 0 Å². The Kier molecular flexibility index (Phi) is 3.56. The van der Waals surface area contributed by atoms with E-state index in [0.29, 0.717) is 29.8 Å². The van der Waals surface area contributed by atoms with Crippen molar-refractivity contribution in [2.75, 3.05) is 16.8 Å². The van der Waals surface area contributed by atoms with Crippen molar-refractivity contribution in [1.82, 2.24) is 4.98 Å². The number of carbonyl (C=O) groups excluding carboxylic acids is 2. The van der Waals surface area contributed by atoms with Gasteiger partial charge in [0.2, 0.25) is 11.8 Å². The molecule has 5 nitrogen and oxygen atoms in total. The van der Waals surface area contributed by atoms with Crippen molar-refractivity contribution in [3.8, 4) is 0 Å². The molecule has 122 valence electrons. The number of aryl methyl sites for hydroxylation is 1. The van der Waals surface area contributed by atoms with E-state index >= 15 is 0 Å². The molecule has 1 saturated carbocycles. The Morgan fingerprint density at radius 1 is 1.33 bits per heavy atom. The molecule has 2 aromatic rings. The third kappa shape index (κ3) is 2.77. The van der Waals surface area contributed by atoms with E-state index in [1.807, 2.05) is 31.2 Å². The van der Waals surface area contributed by atoms with E-state index in [1.165, 1.54) is 10.5 Å². The molecule has 1 aliphatic carbocycles. The van der Waals surface area contributed by atoms with Gasteiger partial charge in [0.1, 0.15) is 6.54 Å². The van der Waals surface area contributed by atoms with Crippen LogP contribution in [0.2, 0.25) is 0 Å². The maximum absolute atomic E-state index is 12.7. The van der Waals surface area contributed by atoms with Gasteiger partial charge in [0.15, 0.2) is 5.82 Å². The summed E-state index contributed by atoms with van der Waals surface area (Å²) < 4.78 is 0. The molecule has 24 heavy (non-hydrogen) atoms. The van der Waals surface area contributed by atoms with Gasteiger partial charge in [-0.05, 0) is 42.4 Å². The average molecular weight is 321 g/mol. The summed E-state index contributed by atoms with van der Waals surface area (Å²) >= 11 is 0. The van der Waals surface area contributed by atoms with Crippen LogP contribution in [0.3, 0.4) is 0 Å². The van der Waals surface area contributed by atoms with Crippen LogP contribution < -0.4 is 10.2 Å². The van der Waals surface area contributed by atoms with Crippen molar-refractivity contribution in [3.63, 3.8) is 0 Å². The highest BCUT2D eigenvalue weighted by molar-refractivity contribution is 6.09. The smallest absolute Gasteiger partial charge is 0.244 e. The Morgan fingerprint density at radius 2 is 2.12 bits per heavy atom. The van der Waals surface area contributed by atoms with Gasteiger partial charge in [-0.3, -0.25) is 14.5 Å². The second-order valence-electron chi connectivity index (χ2n) is 6.63. The number of rotatable bonds is 3. The van der Waals surface area contributed by atoms with Gasteiger partial charge in [-0.2, -0.15) is 0 Å². The molecule has 0 unspecified atom stereocenters. The molecule has 0 bridgehead atoms. The lowest BCUT2D eigenvalue weighted by molar-refractivity contribution is -0.122. The van der Waals surface area contributed by atoms with Gasteiger partial charge in [-0.15, -0.1) is 0 Å². The Hall–Kier alpha value is -2.69. The van der Waals surface area contributed by atoms with Crippen LogP contribution in [0.25, 0.3) is 0 Å². The van der Waals surface area contributed by atoms with E-state index in [1.54, 1.807) is 6.20 Å². The molecule has 1 aromatic heterocycles. The zero-order chi connectivity index (χ0) is 16.7. The number of benzene rings is 1. The number of hydrogen-bond acceptors (Lipinski definition) is 3. The van der Waals surface area contributed by atoms with Crippen molar-refractivity contribution in [1.29, 1.82) is 0 Å². The van der Waals surface area contributed by atoms with E-state index in [2.05, 4.69) is 22.4 Å². The predicted molar refractivity (Wildman–Crippen MR) is 91.9 cm³/mol. The van der Waals surface area contributed by atoms with Crippen LogP contribution in [0, 0.1) is 12.8 Å². The first kappa shape index (κ1) is 14.9. The van der Waals surface area contributed by atoms with Crippen molar-refractivity contribution >= 4 is 23.3 Å². The molecule has 1 aromatic carbocycles. The number of nitrogens with one attached hydrogen (secondary N) is 1. The van der Waals surface area contributed by atoms with Crippen molar-refractivity contribution < 1.29 is 9.59 Å². The maximum Gasteiger partial charge on any atom is 0.244 e. The van der Waals surface area contributed by atoms with Gasteiger partial charge < -0.3 is 5.32 Å². The van der Waals surface area contributed by atoms with Gasteiger partial charge in [-0.25, -0.2) is 4.98 Å². The first-order valence-electron chi connectivity index (χ1n) is 8.23. The number of nitrogens with zero attached hydrogens (tertiary/aromatic N) is 2. The zero-order valence-corrected chi connectivity index (χ0v) is 13.5. The third-order valence-electron chi connectivity index (χ3n) is 4.72. The minimum atomic E-state index is -0.168. The fraction of sp³-hybridized carbons (Fsp3) is 0.316. The van der Waals surface area contributed by atoms with Gasteiger partial charge in [0, 0.05) is 12.6 Å². The molecule has 1 aliphatic heterocycles. The molecule has 2 heterocycles. The number of carbonyl (C=O) groups is 2. The van der Waals surface area contributed by atoms with Crippen LogP contribution >= 0.6 is 0 Å². The van der Waals surface area contributed by atoms with E-state index in [-0.39, 0.29) is 18.4 Å². The van der Waals surface area contributed by atoms with Crippen molar-refractivity contribution in [2.45, 2.75) is 25.7 Å². The number of hydrogen-bond donors (Lipinski definition) is 1. The minimum Gasteiger partial charge on any atom is -0.321 e. The topological polar surface area (TPSA) is 62.3 Å². The lowest BCUT2D eigenvalue weighted by Gasteiger charge is -2.28. The SMILES string of the molecule is Cc1cnc2c(c1)NC(=O)CN2C(=O)C[C@@H]1C[C@H]1c1ccccc1. The summed E-state index contributed by atoms with van der Waals surface area (Å²) in [6.07, 6.45) is 3.21. The lowest BCUT2D eigenvalue weighted by atomic mass is 10.1. The normalized spacial score (nSPS) is 21.9. The molecule has 0 spiro atoms. The molecule has 0 saturated heterocycles. The molecule has 2 aliphatic rings. The number of fused-ring (bicyclic) bond motifs is 1. The van der Waals surface area contributed by atoms with Crippen LogP contribution in [-0.4, -0.2) is 23.3 Å². The van der Waals surface area contributed by atoms with E-state index < -0.39 is 0 Å². The third-order valence-corrected chi connectivity index (χ3v) is 4.72. The molecule has 4 rings (SSSR count). The van der Waals surface area contributed by atoms with Crippen LogP contribution in [-0.2, 0) is 9.59 Å². The fourth-order valence-corrected chi connectivity index (χ4v) is 3.40. The maximum atomic E-state index is 12.7. The first-order chi connectivity index (χ1) is 11.6. The lowest BCUT2D eigenvalue weighted by Crippen LogP contribution is -2.42. The van der Waals surface area contributed by atoms with E-state index in [9.17, 15) is 9.59 Å². The summed E-state index contributed by atoms with van der Waals surface area (Å²) in [5.74, 6) is 1.18. The van der Waals surface area contributed by atoms with Crippen molar-refractivity contribution in [3.05, 3.63) is 53.7 Å². The largest absolute Gasteiger partial charge is 0.321 e. The number of pyridine rings is 1. The standard InChI is InChI=1S/C19H19N3O2/c1-12-7-16-19(20-10-12)22(11-17(23)21-16)18(24)9-14-8-15(14)13-5-3-2-4-6-13/h2-7,10,14-15H,8-9,11H2,1H3,(H,21,23)/t14-,15-/m0/s1. The van der Waals surface area contributed by atoms with Gasteiger partial charge in [0.05, 0.1) is 5.69 Å². The highest BCUT2D eigenvalue weighted by Crippen LogP contribution is 2.49. The quantitative estimate of drug-likeness (QED) is 0.945. The summed E-state index contributed by atoms with van der Waals surface area (Å²) in [6.45, 7) is 1.96. The van der Waals surface area contributed by atoms with Crippen LogP contribution in [0.15, 0.2) is 42.6 Å². The van der Waals surface area contributed by atoms with Gasteiger partial charge in [-0.1, -0.05) is 30.3 Å². The number of aromatic nitrogens is 1. The van der Waals surface area contributed by atoms with Gasteiger partial charge in [0.25, 0.3) is 0 Å². The monoisotopic (exact) mass is 321 g/mol. The molecule has 5 heteroatoms. The van der Waals surface area contributed by atoms with Crippen LogP contribution in [0.5, 0.6) is 0 Å². The Labute approximate surface area is 140 Å². The Morgan fingerprint density at radius 3 is 2.92 bits per heavy atom. The summed E-state index contributed by atoms with van der Waals surface area (Å²) in [7, 11) is 0. The Balaban J connectivity index is 1.49.